The van der Waals surface area contributed by atoms with Crippen molar-refractivity contribution in [2.45, 2.75) is 26.4 Å². The maximum Gasteiger partial charge on any atom is 0.335 e. The molecule has 0 aliphatic carbocycles. The molecule has 3 nitrogen and oxygen atoms in total. The Kier molecular flexibility index (Phi) is 4.86. The van der Waals surface area contributed by atoms with Crippen LogP contribution in [0.1, 0.15) is 29.8 Å². The van der Waals surface area contributed by atoms with Crippen LogP contribution in [-0.2, 0) is 6.54 Å². The summed E-state index contributed by atoms with van der Waals surface area (Å²) in [6, 6.07) is 15.2. The van der Waals surface area contributed by atoms with Crippen LogP contribution < -0.4 is 4.90 Å². The molecule has 0 saturated carbocycles. The summed E-state index contributed by atoms with van der Waals surface area (Å²) in [4.78, 5) is 13.3. The lowest BCUT2D eigenvalue weighted by molar-refractivity contribution is 0.0697. The first-order chi connectivity index (χ1) is 9.97. The van der Waals surface area contributed by atoms with Crippen molar-refractivity contribution in [2.75, 3.05) is 4.90 Å². The number of aromatic carboxylic acids is 1. The third-order valence-corrected chi connectivity index (χ3v) is 3.50. The largest absolute Gasteiger partial charge is 0.478 e. The van der Waals surface area contributed by atoms with E-state index in [1.165, 1.54) is 11.6 Å². The Morgan fingerprint density at radius 3 is 2.43 bits per heavy atom. The summed E-state index contributed by atoms with van der Waals surface area (Å²) in [5.41, 5.74) is 2.19. The summed E-state index contributed by atoms with van der Waals surface area (Å²) in [7, 11) is 0. The average Bonchev–Trinajstić information content (AvgIpc) is 2.44. The first-order valence-corrected chi connectivity index (χ1v) is 7.19. The van der Waals surface area contributed by atoms with Gasteiger partial charge in [0.2, 0.25) is 0 Å². The highest BCUT2D eigenvalue weighted by atomic mass is 35.5. The number of anilines is 1. The lowest BCUT2D eigenvalue weighted by Crippen LogP contribution is -2.30. The van der Waals surface area contributed by atoms with E-state index in [-0.39, 0.29) is 11.6 Å². The van der Waals surface area contributed by atoms with E-state index in [2.05, 4.69) is 30.9 Å². The third kappa shape index (κ3) is 3.99. The molecule has 2 rings (SSSR count). The fraction of sp³-hybridized carbons (Fsp3) is 0.235. The molecule has 0 spiro atoms. The minimum atomic E-state index is -0.970. The summed E-state index contributed by atoms with van der Waals surface area (Å²) < 4.78 is 0. The minimum Gasteiger partial charge on any atom is -0.478 e. The van der Waals surface area contributed by atoms with Crippen molar-refractivity contribution in [1.82, 2.24) is 0 Å². The van der Waals surface area contributed by atoms with Crippen LogP contribution in [-0.4, -0.2) is 17.1 Å². The summed E-state index contributed by atoms with van der Waals surface area (Å²) in [5.74, 6) is -0.970. The van der Waals surface area contributed by atoms with Crippen molar-refractivity contribution < 1.29 is 9.90 Å². The van der Waals surface area contributed by atoms with Gasteiger partial charge in [-0.1, -0.05) is 41.9 Å². The first-order valence-electron chi connectivity index (χ1n) is 6.82. The molecule has 0 atom stereocenters. The van der Waals surface area contributed by atoms with Gasteiger partial charge in [0.15, 0.2) is 0 Å². The molecule has 0 radical (unpaired) electrons. The van der Waals surface area contributed by atoms with Crippen molar-refractivity contribution in [3.8, 4) is 0 Å². The van der Waals surface area contributed by atoms with Gasteiger partial charge in [-0.15, -0.1) is 0 Å². The molecule has 0 aliphatic heterocycles. The second-order valence-electron chi connectivity index (χ2n) is 5.21. The van der Waals surface area contributed by atoms with Crippen LogP contribution in [0, 0.1) is 0 Å². The molecule has 1 N–H and O–H groups in total. The number of hydrogen-bond acceptors (Lipinski definition) is 2. The first kappa shape index (κ1) is 15.4. The molecule has 0 bridgehead atoms. The minimum absolute atomic E-state index is 0.205. The molecule has 0 fully saturated rings. The van der Waals surface area contributed by atoms with Crippen molar-refractivity contribution in [1.29, 1.82) is 0 Å². The molecule has 21 heavy (non-hydrogen) atoms. The van der Waals surface area contributed by atoms with E-state index in [0.29, 0.717) is 11.6 Å². The van der Waals surface area contributed by atoms with Gasteiger partial charge in [0, 0.05) is 23.3 Å². The van der Waals surface area contributed by atoms with Crippen molar-refractivity contribution in [3.05, 3.63) is 64.7 Å². The van der Waals surface area contributed by atoms with E-state index in [1.54, 1.807) is 12.1 Å². The fourth-order valence-corrected chi connectivity index (χ4v) is 2.44. The van der Waals surface area contributed by atoms with Crippen LogP contribution >= 0.6 is 11.6 Å². The van der Waals surface area contributed by atoms with Gasteiger partial charge in [0.1, 0.15) is 0 Å². The molecule has 0 unspecified atom stereocenters. The second-order valence-corrected chi connectivity index (χ2v) is 5.65. The molecular formula is C17H18ClNO2. The SMILES string of the molecule is CC(C)N(Cc1ccccc1)c1cc(Cl)cc(C(=O)O)c1. The molecule has 0 amide bonds. The molecular weight excluding hydrogens is 286 g/mol. The van der Waals surface area contributed by atoms with E-state index in [9.17, 15) is 4.79 Å². The summed E-state index contributed by atoms with van der Waals surface area (Å²) in [6.07, 6.45) is 0. The van der Waals surface area contributed by atoms with E-state index in [1.807, 2.05) is 18.2 Å². The Morgan fingerprint density at radius 2 is 1.86 bits per heavy atom. The smallest absolute Gasteiger partial charge is 0.335 e. The zero-order valence-electron chi connectivity index (χ0n) is 12.1. The monoisotopic (exact) mass is 303 g/mol. The Hall–Kier alpha value is -2.00. The van der Waals surface area contributed by atoms with Crippen LogP contribution in [0.15, 0.2) is 48.5 Å². The second kappa shape index (κ2) is 6.64. The number of rotatable bonds is 5. The molecule has 110 valence electrons. The Labute approximate surface area is 129 Å². The maximum absolute atomic E-state index is 11.2. The van der Waals surface area contributed by atoms with Gasteiger partial charge >= 0.3 is 5.97 Å². The highest BCUT2D eigenvalue weighted by Gasteiger charge is 2.14. The number of benzene rings is 2. The summed E-state index contributed by atoms with van der Waals surface area (Å²) >= 11 is 6.06. The molecule has 0 heterocycles. The van der Waals surface area contributed by atoms with Crippen LogP contribution in [0.25, 0.3) is 0 Å². The molecule has 4 heteroatoms. The van der Waals surface area contributed by atoms with Crippen molar-refractivity contribution in [2.24, 2.45) is 0 Å². The lowest BCUT2D eigenvalue weighted by atomic mass is 10.1. The quantitative estimate of drug-likeness (QED) is 0.887. The standard InChI is InChI=1S/C17H18ClNO2/c1-12(2)19(11-13-6-4-3-5-7-13)16-9-14(17(20)21)8-15(18)10-16/h3-10,12H,11H2,1-2H3,(H,20,21). The Morgan fingerprint density at radius 1 is 1.19 bits per heavy atom. The van der Waals surface area contributed by atoms with Gasteiger partial charge in [-0.2, -0.15) is 0 Å². The van der Waals surface area contributed by atoms with Gasteiger partial charge in [-0.05, 0) is 37.6 Å². The summed E-state index contributed by atoms with van der Waals surface area (Å²) in [5, 5.41) is 9.60. The number of carboxylic acids is 1. The molecule has 0 aliphatic rings. The van der Waals surface area contributed by atoms with E-state index in [0.717, 1.165) is 5.69 Å². The Bertz CT molecular complexity index is 626. The number of carboxylic acid groups (broad SMARTS) is 1. The van der Waals surface area contributed by atoms with E-state index in [4.69, 9.17) is 16.7 Å². The van der Waals surface area contributed by atoms with Gasteiger partial charge in [0.05, 0.1) is 5.56 Å². The molecule has 0 saturated heterocycles. The zero-order valence-corrected chi connectivity index (χ0v) is 12.8. The van der Waals surface area contributed by atoms with Gasteiger partial charge < -0.3 is 10.0 Å². The van der Waals surface area contributed by atoms with Crippen molar-refractivity contribution in [3.63, 3.8) is 0 Å². The number of carbonyl (C=O) groups is 1. The van der Waals surface area contributed by atoms with Crippen LogP contribution in [0.5, 0.6) is 0 Å². The van der Waals surface area contributed by atoms with Gasteiger partial charge in [-0.25, -0.2) is 4.79 Å². The van der Waals surface area contributed by atoms with Crippen LogP contribution in [0.3, 0.4) is 0 Å². The van der Waals surface area contributed by atoms with Gasteiger partial charge in [0.25, 0.3) is 0 Å². The van der Waals surface area contributed by atoms with Crippen LogP contribution in [0.2, 0.25) is 5.02 Å². The van der Waals surface area contributed by atoms with E-state index >= 15 is 0 Å². The third-order valence-electron chi connectivity index (χ3n) is 3.28. The summed E-state index contributed by atoms with van der Waals surface area (Å²) in [6.45, 7) is 4.85. The zero-order chi connectivity index (χ0) is 15.4. The topological polar surface area (TPSA) is 40.5 Å². The maximum atomic E-state index is 11.2. The van der Waals surface area contributed by atoms with E-state index < -0.39 is 5.97 Å². The predicted molar refractivity (Wildman–Crippen MR) is 86.2 cm³/mol. The normalized spacial score (nSPS) is 10.7. The molecule has 0 aromatic heterocycles. The predicted octanol–water partition coefficient (Wildman–Crippen LogP) is 4.45. The lowest BCUT2D eigenvalue weighted by Gasteiger charge is -2.29. The Balaban J connectivity index is 2.36. The highest BCUT2D eigenvalue weighted by Crippen LogP contribution is 2.26. The number of hydrogen-bond donors (Lipinski definition) is 1. The molecule has 2 aromatic carbocycles. The van der Waals surface area contributed by atoms with Crippen molar-refractivity contribution >= 4 is 23.3 Å². The van der Waals surface area contributed by atoms with Gasteiger partial charge in [-0.3, -0.25) is 0 Å². The van der Waals surface area contributed by atoms with Crippen LogP contribution in [0.4, 0.5) is 5.69 Å². The average molecular weight is 304 g/mol. The highest BCUT2D eigenvalue weighted by molar-refractivity contribution is 6.31. The fourth-order valence-electron chi connectivity index (χ4n) is 2.22. The number of halogens is 1. The number of nitrogens with zero attached hydrogens (tertiary/aromatic N) is 1. The molecule has 2 aromatic rings.